The van der Waals surface area contributed by atoms with Crippen molar-refractivity contribution in [2.45, 2.75) is 18.5 Å². The fourth-order valence-electron chi connectivity index (χ4n) is 2.77. The molecule has 1 aromatic rings. The third-order valence-corrected chi connectivity index (χ3v) is 3.56. The van der Waals surface area contributed by atoms with Gasteiger partial charge in [0.2, 0.25) is 5.91 Å². The van der Waals surface area contributed by atoms with E-state index in [0.717, 1.165) is 13.0 Å². The summed E-state index contributed by atoms with van der Waals surface area (Å²) >= 11 is 0. The summed E-state index contributed by atoms with van der Waals surface area (Å²) in [5, 5.41) is 9.78. The Hall–Kier alpha value is -1.55. The van der Waals surface area contributed by atoms with Crippen molar-refractivity contribution in [2.75, 3.05) is 18.5 Å². The van der Waals surface area contributed by atoms with Crippen LogP contribution in [0.25, 0.3) is 0 Å². The number of hydrogen-bond donors (Lipinski definition) is 1. The summed E-state index contributed by atoms with van der Waals surface area (Å²) in [7, 11) is 1.98. The fourth-order valence-corrected chi connectivity index (χ4v) is 2.77. The van der Waals surface area contributed by atoms with Crippen molar-refractivity contribution >= 4 is 11.6 Å². The van der Waals surface area contributed by atoms with Gasteiger partial charge >= 0.3 is 0 Å². The number of likely N-dealkylation sites (N-methyl/N-ethyl adjacent to an activating group) is 1. The van der Waals surface area contributed by atoms with Crippen molar-refractivity contribution in [1.82, 2.24) is 4.90 Å². The minimum absolute atomic E-state index is 0.00426. The van der Waals surface area contributed by atoms with E-state index in [1.165, 1.54) is 0 Å². The van der Waals surface area contributed by atoms with Gasteiger partial charge in [0.15, 0.2) is 0 Å². The van der Waals surface area contributed by atoms with Crippen LogP contribution < -0.4 is 4.90 Å². The van der Waals surface area contributed by atoms with Crippen LogP contribution in [0.5, 0.6) is 5.75 Å². The number of nitrogens with zero attached hydrogens (tertiary/aromatic N) is 2. The van der Waals surface area contributed by atoms with Crippen LogP contribution in [0.15, 0.2) is 24.3 Å². The minimum Gasteiger partial charge on any atom is -0.506 e. The Morgan fingerprint density at radius 1 is 1.38 bits per heavy atom. The van der Waals surface area contributed by atoms with Gasteiger partial charge in [-0.25, -0.2) is 0 Å². The Balaban J connectivity index is 1.99. The van der Waals surface area contributed by atoms with Crippen LogP contribution >= 0.6 is 0 Å². The monoisotopic (exact) mass is 218 g/mol. The molecule has 2 bridgehead atoms. The molecule has 84 valence electrons. The van der Waals surface area contributed by atoms with Crippen LogP contribution in [0.3, 0.4) is 0 Å². The average Bonchev–Trinajstić information content (AvgIpc) is 2.76. The van der Waals surface area contributed by atoms with Crippen molar-refractivity contribution in [3.63, 3.8) is 0 Å². The van der Waals surface area contributed by atoms with Gasteiger partial charge in [0.25, 0.3) is 0 Å². The molecule has 1 aromatic carbocycles. The van der Waals surface area contributed by atoms with Gasteiger partial charge in [0.1, 0.15) is 5.75 Å². The third-order valence-electron chi connectivity index (χ3n) is 3.56. The molecule has 4 nitrogen and oxygen atoms in total. The maximum Gasteiger partial charge on any atom is 0.244 e. The van der Waals surface area contributed by atoms with E-state index >= 15 is 0 Å². The zero-order valence-corrected chi connectivity index (χ0v) is 9.13. The number of phenols is 1. The van der Waals surface area contributed by atoms with Crippen molar-refractivity contribution in [3.05, 3.63) is 24.3 Å². The van der Waals surface area contributed by atoms with Crippen molar-refractivity contribution in [2.24, 2.45) is 0 Å². The van der Waals surface area contributed by atoms with E-state index in [9.17, 15) is 9.90 Å². The number of para-hydroxylation sites is 2. The molecule has 4 heteroatoms. The lowest BCUT2D eigenvalue weighted by Gasteiger charge is -2.31. The van der Waals surface area contributed by atoms with Gasteiger partial charge in [0.05, 0.1) is 17.8 Å². The molecule has 2 atom stereocenters. The fraction of sp³-hybridized carbons (Fsp3) is 0.417. The highest BCUT2D eigenvalue weighted by molar-refractivity contribution is 6.02. The molecule has 2 aliphatic rings. The van der Waals surface area contributed by atoms with Crippen molar-refractivity contribution in [3.8, 4) is 5.75 Å². The number of hydrogen-bond acceptors (Lipinski definition) is 3. The number of benzene rings is 1. The standard InChI is InChI=1S/C12H14N2O2/c1-13-7-8-6-10(13)12(16)14(8)9-4-2-3-5-11(9)15/h2-5,8,10,15H,6-7H2,1H3. The molecule has 2 aliphatic heterocycles. The smallest absolute Gasteiger partial charge is 0.244 e. The van der Waals surface area contributed by atoms with E-state index in [4.69, 9.17) is 0 Å². The number of amides is 1. The summed E-state index contributed by atoms with van der Waals surface area (Å²) in [5.41, 5.74) is 0.646. The number of carbonyl (C=O) groups is 1. The maximum atomic E-state index is 12.1. The zero-order chi connectivity index (χ0) is 11.3. The predicted molar refractivity (Wildman–Crippen MR) is 60.4 cm³/mol. The van der Waals surface area contributed by atoms with Crippen LogP contribution in [0, 0.1) is 0 Å². The first-order valence-electron chi connectivity index (χ1n) is 5.50. The Labute approximate surface area is 94.1 Å². The van der Waals surface area contributed by atoms with Crippen LogP contribution in [-0.4, -0.2) is 41.6 Å². The van der Waals surface area contributed by atoms with Gasteiger partial charge in [-0.15, -0.1) is 0 Å². The minimum atomic E-state index is 0.00426. The lowest BCUT2D eigenvalue weighted by molar-refractivity contribution is -0.122. The third kappa shape index (κ3) is 1.16. The zero-order valence-electron chi connectivity index (χ0n) is 9.13. The number of piperazine rings is 1. The van der Waals surface area contributed by atoms with Gasteiger partial charge in [-0.3, -0.25) is 9.69 Å². The molecule has 1 N–H and O–H groups in total. The second kappa shape index (κ2) is 3.22. The quantitative estimate of drug-likeness (QED) is 0.758. The molecular formula is C12H14N2O2. The van der Waals surface area contributed by atoms with E-state index in [0.29, 0.717) is 5.69 Å². The first-order chi connectivity index (χ1) is 7.68. The van der Waals surface area contributed by atoms with E-state index in [1.807, 2.05) is 13.1 Å². The molecule has 2 fully saturated rings. The van der Waals surface area contributed by atoms with E-state index < -0.39 is 0 Å². The van der Waals surface area contributed by atoms with Crippen LogP contribution in [0.4, 0.5) is 5.69 Å². The largest absolute Gasteiger partial charge is 0.506 e. The summed E-state index contributed by atoms with van der Waals surface area (Å²) in [6.45, 7) is 0.894. The Morgan fingerprint density at radius 3 is 2.75 bits per heavy atom. The summed E-state index contributed by atoms with van der Waals surface area (Å²) in [5.74, 6) is 0.298. The van der Waals surface area contributed by atoms with Crippen molar-refractivity contribution < 1.29 is 9.90 Å². The van der Waals surface area contributed by atoms with E-state index in [2.05, 4.69) is 4.90 Å². The Bertz CT molecular complexity index is 446. The molecule has 1 amide bonds. The highest BCUT2D eigenvalue weighted by atomic mass is 16.3. The molecule has 2 heterocycles. The molecule has 16 heavy (non-hydrogen) atoms. The Morgan fingerprint density at radius 2 is 2.12 bits per heavy atom. The molecule has 0 aromatic heterocycles. The van der Waals surface area contributed by atoms with Gasteiger partial charge in [-0.1, -0.05) is 12.1 Å². The second-order valence-corrected chi connectivity index (χ2v) is 4.54. The summed E-state index contributed by atoms with van der Waals surface area (Å²) in [6.07, 6.45) is 0.879. The van der Waals surface area contributed by atoms with Gasteiger partial charge in [-0.05, 0) is 25.6 Å². The molecular weight excluding hydrogens is 204 g/mol. The number of aromatic hydroxyl groups is 1. The predicted octanol–water partition coefficient (Wildman–Crippen LogP) is 0.811. The van der Waals surface area contributed by atoms with Crippen LogP contribution in [0.1, 0.15) is 6.42 Å². The molecule has 0 spiro atoms. The topological polar surface area (TPSA) is 43.8 Å². The summed E-state index contributed by atoms with van der Waals surface area (Å²) in [4.78, 5) is 15.9. The Kier molecular flexibility index (Phi) is 1.94. The number of carbonyl (C=O) groups excluding carboxylic acids is 1. The van der Waals surface area contributed by atoms with Gasteiger partial charge in [-0.2, -0.15) is 0 Å². The van der Waals surface area contributed by atoms with Gasteiger partial charge in [0, 0.05) is 6.54 Å². The first kappa shape index (κ1) is 9.66. The maximum absolute atomic E-state index is 12.1. The molecule has 0 aliphatic carbocycles. The summed E-state index contributed by atoms with van der Waals surface area (Å²) < 4.78 is 0. The molecule has 2 saturated heterocycles. The van der Waals surface area contributed by atoms with Crippen molar-refractivity contribution in [1.29, 1.82) is 0 Å². The number of phenolic OH excluding ortho intramolecular Hbond substituents is 1. The average molecular weight is 218 g/mol. The van der Waals surface area contributed by atoms with Gasteiger partial charge < -0.3 is 10.0 Å². The first-order valence-corrected chi connectivity index (χ1v) is 5.50. The SMILES string of the molecule is CN1CC2CC1C(=O)N2c1ccccc1O. The number of anilines is 1. The van der Waals surface area contributed by atoms with E-state index in [1.54, 1.807) is 23.1 Å². The number of fused-ring (bicyclic) bond motifs is 2. The highest BCUT2D eigenvalue weighted by Crippen LogP contribution is 2.38. The lowest BCUT2D eigenvalue weighted by Crippen LogP contribution is -2.48. The molecule has 0 radical (unpaired) electrons. The highest BCUT2D eigenvalue weighted by Gasteiger charge is 2.49. The molecule has 0 saturated carbocycles. The van der Waals surface area contributed by atoms with E-state index in [-0.39, 0.29) is 23.7 Å². The van der Waals surface area contributed by atoms with Crippen LogP contribution in [-0.2, 0) is 4.79 Å². The number of likely N-dealkylation sites (tertiary alicyclic amines) is 1. The molecule has 3 rings (SSSR count). The normalized spacial score (nSPS) is 29.1. The van der Waals surface area contributed by atoms with Crippen LogP contribution in [0.2, 0.25) is 0 Å². The summed E-state index contributed by atoms with van der Waals surface area (Å²) in [6, 6.07) is 7.26. The second-order valence-electron chi connectivity index (χ2n) is 4.54. The molecule has 2 unspecified atom stereocenters. The lowest BCUT2D eigenvalue weighted by atomic mass is 10.2. The number of rotatable bonds is 1.